The average Bonchev–Trinajstić information content (AvgIpc) is 2.74. The van der Waals surface area contributed by atoms with Gasteiger partial charge in [0.25, 0.3) is 5.56 Å². The largest absolute Gasteiger partial charge is 0.493 e. The normalized spacial score (nSPS) is 10.8. The van der Waals surface area contributed by atoms with Gasteiger partial charge in [0.1, 0.15) is 0 Å². The average molecular weight is 438 g/mol. The molecule has 3 rings (SSSR count). The zero-order valence-electron chi connectivity index (χ0n) is 16.0. The molecule has 0 aliphatic rings. The van der Waals surface area contributed by atoms with Gasteiger partial charge in [-0.25, -0.2) is 22.4 Å². The molecule has 0 bridgehead atoms. The minimum atomic E-state index is -2.15. The molecule has 0 saturated carbocycles. The number of halogens is 4. The number of hydrogen-bond donors (Lipinski definition) is 3. The number of pyridine rings is 1. The summed E-state index contributed by atoms with van der Waals surface area (Å²) in [5.74, 6) is -9.09. The number of rotatable bonds is 5. The number of nitrogens with one attached hydrogen (secondary N) is 1. The molecule has 31 heavy (non-hydrogen) atoms. The number of aromatic nitrogens is 1. The highest BCUT2D eigenvalue weighted by molar-refractivity contribution is 5.97. The van der Waals surface area contributed by atoms with E-state index in [4.69, 9.17) is 15.2 Å². The summed E-state index contributed by atoms with van der Waals surface area (Å²) in [6.45, 7) is 0. The summed E-state index contributed by atoms with van der Waals surface area (Å²) >= 11 is 0. The smallest absolute Gasteiger partial charge is 0.337 e. The Balaban J connectivity index is 2.33. The molecule has 0 saturated heterocycles. The number of H-pyrrole nitrogens is 1. The Bertz CT molecular complexity index is 1270. The number of benzene rings is 2. The van der Waals surface area contributed by atoms with Crippen molar-refractivity contribution < 1.29 is 36.9 Å². The van der Waals surface area contributed by atoms with E-state index in [-0.39, 0.29) is 34.4 Å². The fraction of sp³-hybridized carbons (Fsp3) is 0.100. The van der Waals surface area contributed by atoms with Crippen LogP contribution in [-0.2, 0) is 0 Å². The quantitative estimate of drug-likeness (QED) is 0.243. The molecule has 0 atom stereocenters. The van der Waals surface area contributed by atoms with Crippen LogP contribution in [0.15, 0.2) is 29.1 Å². The molecule has 1 aromatic heterocycles. The highest BCUT2D eigenvalue weighted by atomic mass is 19.2. The van der Waals surface area contributed by atoms with Crippen molar-refractivity contribution in [3.8, 4) is 33.9 Å². The molecule has 11 heteroatoms. The monoisotopic (exact) mass is 438 g/mol. The van der Waals surface area contributed by atoms with Gasteiger partial charge in [-0.2, -0.15) is 0 Å². The van der Waals surface area contributed by atoms with Crippen LogP contribution in [0, 0.1) is 23.3 Å². The lowest BCUT2D eigenvalue weighted by atomic mass is 9.98. The lowest BCUT2D eigenvalue weighted by Crippen LogP contribution is -2.16. The number of anilines is 1. The Morgan fingerprint density at radius 1 is 0.903 bits per heavy atom. The molecule has 0 unspecified atom stereocenters. The summed E-state index contributed by atoms with van der Waals surface area (Å²) < 4.78 is 65.0. The maximum atomic E-state index is 14.2. The molecule has 0 fully saturated rings. The molecular weight excluding hydrogens is 424 g/mol. The third kappa shape index (κ3) is 3.65. The van der Waals surface area contributed by atoms with Crippen molar-refractivity contribution in [1.29, 1.82) is 0 Å². The lowest BCUT2D eigenvalue weighted by Gasteiger charge is -2.14. The van der Waals surface area contributed by atoms with Gasteiger partial charge in [0.15, 0.2) is 34.8 Å². The molecule has 7 nitrogen and oxygen atoms in total. The number of carbonyl (C=O) groups is 1. The van der Waals surface area contributed by atoms with Crippen LogP contribution in [0.1, 0.15) is 10.4 Å². The molecular formula is C20H14F4N2O5. The number of hydrogen-bond acceptors (Lipinski definition) is 5. The lowest BCUT2D eigenvalue weighted by molar-refractivity contribution is 0.0697. The number of nitrogens with two attached hydrogens (primary N) is 1. The first-order valence-electron chi connectivity index (χ1n) is 8.46. The van der Waals surface area contributed by atoms with Gasteiger partial charge in [0.2, 0.25) is 0 Å². The van der Waals surface area contributed by atoms with Gasteiger partial charge < -0.3 is 25.3 Å². The van der Waals surface area contributed by atoms with Crippen LogP contribution in [0.2, 0.25) is 0 Å². The number of aromatic amines is 1. The SMILES string of the molecule is COc1cc(N)c(-c2cc(C(=O)O)c(-c3cc(F)c(F)c(F)c3F)[nH]c2=O)cc1OC. The van der Waals surface area contributed by atoms with Crippen molar-refractivity contribution in [3.63, 3.8) is 0 Å². The standard InChI is InChI=1S/C20H14F4N2O5/c1-30-13-5-7(12(25)6-14(13)31-2)8-3-10(20(28)29)18(26-19(8)27)9-4-11(21)16(23)17(24)15(9)22/h3-6H,25H2,1-2H3,(H,26,27)(H,28,29). The van der Waals surface area contributed by atoms with E-state index >= 15 is 0 Å². The first-order chi connectivity index (χ1) is 14.6. The van der Waals surface area contributed by atoms with Gasteiger partial charge in [-0.1, -0.05) is 0 Å². The first kappa shape index (κ1) is 21.7. The Morgan fingerprint density at radius 2 is 1.52 bits per heavy atom. The third-order valence-electron chi connectivity index (χ3n) is 4.49. The fourth-order valence-corrected chi connectivity index (χ4v) is 2.99. The van der Waals surface area contributed by atoms with E-state index in [2.05, 4.69) is 4.98 Å². The number of aromatic carboxylic acids is 1. The van der Waals surface area contributed by atoms with Crippen LogP contribution in [0.3, 0.4) is 0 Å². The summed E-state index contributed by atoms with van der Waals surface area (Å²) in [7, 11) is 2.69. The molecule has 162 valence electrons. The second kappa shape index (κ2) is 8.01. The van der Waals surface area contributed by atoms with E-state index in [0.717, 1.165) is 6.07 Å². The molecule has 0 radical (unpaired) electrons. The predicted molar refractivity (Wildman–Crippen MR) is 102 cm³/mol. The summed E-state index contributed by atoms with van der Waals surface area (Å²) in [4.78, 5) is 26.5. The summed E-state index contributed by atoms with van der Waals surface area (Å²) in [5, 5.41) is 9.54. The molecule has 3 aromatic rings. The van der Waals surface area contributed by atoms with Crippen LogP contribution < -0.4 is 20.8 Å². The first-order valence-corrected chi connectivity index (χ1v) is 8.46. The van der Waals surface area contributed by atoms with Crippen LogP contribution in [0.4, 0.5) is 23.2 Å². The van der Waals surface area contributed by atoms with Gasteiger partial charge >= 0.3 is 5.97 Å². The van der Waals surface area contributed by atoms with Crippen molar-refractivity contribution in [1.82, 2.24) is 4.98 Å². The van der Waals surface area contributed by atoms with Gasteiger partial charge in [0, 0.05) is 22.9 Å². The predicted octanol–water partition coefficient (Wildman–Crippen LogP) is 3.56. The Kier molecular flexibility index (Phi) is 5.60. The fourth-order valence-electron chi connectivity index (χ4n) is 2.99. The second-order valence-corrected chi connectivity index (χ2v) is 6.25. The van der Waals surface area contributed by atoms with Gasteiger partial charge in [-0.3, -0.25) is 4.79 Å². The number of nitrogen functional groups attached to an aromatic ring is 1. The molecule has 0 aliphatic carbocycles. The zero-order valence-corrected chi connectivity index (χ0v) is 16.0. The number of methoxy groups -OCH3 is 2. The summed E-state index contributed by atoms with van der Waals surface area (Å²) in [6.07, 6.45) is 0. The minimum Gasteiger partial charge on any atom is -0.493 e. The molecule has 1 heterocycles. The maximum absolute atomic E-state index is 14.2. The van der Waals surface area contributed by atoms with E-state index in [1.54, 1.807) is 0 Å². The second-order valence-electron chi connectivity index (χ2n) is 6.25. The van der Waals surface area contributed by atoms with Crippen LogP contribution in [-0.4, -0.2) is 30.3 Å². The van der Waals surface area contributed by atoms with Gasteiger partial charge in [0.05, 0.1) is 31.0 Å². The van der Waals surface area contributed by atoms with Crippen molar-refractivity contribution in [2.45, 2.75) is 0 Å². The molecule has 0 spiro atoms. The Hall–Kier alpha value is -4.02. The molecule has 0 aliphatic heterocycles. The summed E-state index contributed by atoms with van der Waals surface area (Å²) in [5.41, 5.74) is 2.38. The van der Waals surface area contributed by atoms with Crippen molar-refractivity contribution in [2.75, 3.05) is 20.0 Å². The minimum absolute atomic E-state index is 0.0253. The van der Waals surface area contributed by atoms with E-state index in [0.29, 0.717) is 0 Å². The van der Waals surface area contributed by atoms with Gasteiger partial charge in [-0.05, 0) is 18.2 Å². The highest BCUT2D eigenvalue weighted by Gasteiger charge is 2.25. The molecule has 2 aromatic carbocycles. The number of ether oxygens (including phenoxy) is 2. The topological polar surface area (TPSA) is 115 Å². The third-order valence-corrected chi connectivity index (χ3v) is 4.49. The van der Waals surface area contributed by atoms with E-state index in [9.17, 15) is 32.3 Å². The molecule has 4 N–H and O–H groups in total. The van der Waals surface area contributed by atoms with Crippen LogP contribution >= 0.6 is 0 Å². The number of carboxylic acids is 1. The van der Waals surface area contributed by atoms with Crippen molar-refractivity contribution >= 4 is 11.7 Å². The van der Waals surface area contributed by atoms with E-state index in [1.165, 1.54) is 26.4 Å². The Morgan fingerprint density at radius 3 is 2.10 bits per heavy atom. The summed E-state index contributed by atoms with van der Waals surface area (Å²) in [6, 6.07) is 3.76. The zero-order chi connectivity index (χ0) is 23.0. The van der Waals surface area contributed by atoms with E-state index in [1.807, 2.05) is 0 Å². The molecule has 0 amide bonds. The van der Waals surface area contributed by atoms with Crippen LogP contribution in [0.5, 0.6) is 11.5 Å². The number of carboxylic acid groups (broad SMARTS) is 1. The van der Waals surface area contributed by atoms with E-state index < -0.39 is 51.6 Å². The maximum Gasteiger partial charge on any atom is 0.337 e. The van der Waals surface area contributed by atoms with Crippen molar-refractivity contribution in [2.24, 2.45) is 0 Å². The Labute approximate surface area is 171 Å². The van der Waals surface area contributed by atoms with Crippen molar-refractivity contribution in [3.05, 3.63) is 63.5 Å². The van der Waals surface area contributed by atoms with Crippen LogP contribution in [0.25, 0.3) is 22.4 Å². The highest BCUT2D eigenvalue weighted by Crippen LogP contribution is 2.37. The van der Waals surface area contributed by atoms with Gasteiger partial charge in [-0.15, -0.1) is 0 Å².